The smallest absolute Gasteiger partial charge is 0.267 e. The first kappa shape index (κ1) is 20.6. The molecule has 1 atom stereocenters. The Labute approximate surface area is 180 Å². The predicted octanol–water partition coefficient (Wildman–Crippen LogP) is 5.68. The third-order valence-corrected chi connectivity index (χ3v) is 7.47. The molecule has 0 saturated heterocycles. The van der Waals surface area contributed by atoms with Gasteiger partial charge in [-0.25, -0.2) is 4.98 Å². The fraction of sp³-hybridized carbons (Fsp3) is 0.478. The zero-order valence-electron chi connectivity index (χ0n) is 17.5. The van der Waals surface area contributed by atoms with E-state index in [4.69, 9.17) is 9.72 Å². The highest BCUT2D eigenvalue weighted by Gasteiger charge is 2.28. The molecule has 29 heavy (non-hydrogen) atoms. The van der Waals surface area contributed by atoms with Gasteiger partial charge < -0.3 is 4.74 Å². The number of para-hydroxylation sites is 1. The Hall–Kier alpha value is -1.63. The van der Waals surface area contributed by atoms with E-state index in [1.54, 1.807) is 27.7 Å². The minimum absolute atomic E-state index is 0.0511. The van der Waals surface area contributed by atoms with Gasteiger partial charge in [0.1, 0.15) is 4.83 Å². The lowest BCUT2D eigenvalue weighted by Gasteiger charge is -2.26. The number of nitrogens with zero attached hydrogens (tertiary/aromatic N) is 2. The van der Waals surface area contributed by atoms with Crippen LogP contribution < -0.4 is 5.56 Å². The molecule has 0 spiro atoms. The number of hydrogen-bond acceptors (Lipinski definition) is 5. The summed E-state index contributed by atoms with van der Waals surface area (Å²) in [6, 6.07) is 9.89. The first-order valence-corrected chi connectivity index (χ1v) is 12.1. The maximum absolute atomic E-state index is 13.7. The fourth-order valence-corrected chi connectivity index (χ4v) is 6.04. The number of thioether (sulfide) groups is 1. The third-order valence-electron chi connectivity index (χ3n) is 5.40. The van der Waals surface area contributed by atoms with Crippen LogP contribution in [0.2, 0.25) is 0 Å². The highest BCUT2D eigenvalue weighted by molar-refractivity contribution is 7.99. The van der Waals surface area contributed by atoms with Gasteiger partial charge in [0.25, 0.3) is 5.56 Å². The number of benzene rings is 1. The molecular formula is C23H28N2O2S2. The lowest BCUT2D eigenvalue weighted by molar-refractivity contribution is 0.00200. The van der Waals surface area contributed by atoms with E-state index in [1.807, 2.05) is 30.3 Å². The molecule has 0 radical (unpaired) electrons. The number of thiophene rings is 1. The molecular weight excluding hydrogens is 400 g/mol. The zero-order chi connectivity index (χ0) is 20.5. The summed E-state index contributed by atoms with van der Waals surface area (Å²) in [6.45, 7) is 9.38. The summed E-state index contributed by atoms with van der Waals surface area (Å²) in [7, 11) is 0. The SMILES string of the molecule is CC(C)CCSc1nc2sc3c(c2c(=O)n1-c1ccccc1)CC(C(C)C)OC3. The summed E-state index contributed by atoms with van der Waals surface area (Å²) in [5, 5.41) is 1.57. The van der Waals surface area contributed by atoms with Gasteiger partial charge in [0.05, 0.1) is 23.8 Å². The molecule has 2 aromatic heterocycles. The summed E-state index contributed by atoms with van der Waals surface area (Å²) in [5.74, 6) is 2.00. The van der Waals surface area contributed by atoms with Crippen molar-refractivity contribution in [2.24, 2.45) is 11.8 Å². The Morgan fingerprint density at radius 3 is 2.69 bits per heavy atom. The van der Waals surface area contributed by atoms with Crippen LogP contribution in [0.4, 0.5) is 0 Å². The molecule has 1 aliphatic heterocycles. The van der Waals surface area contributed by atoms with Gasteiger partial charge in [0.2, 0.25) is 0 Å². The van der Waals surface area contributed by atoms with Gasteiger partial charge in [0.15, 0.2) is 5.16 Å². The normalized spacial score (nSPS) is 16.7. The van der Waals surface area contributed by atoms with Crippen LogP contribution in [-0.2, 0) is 17.8 Å². The molecule has 6 heteroatoms. The summed E-state index contributed by atoms with van der Waals surface area (Å²) < 4.78 is 7.85. The maximum atomic E-state index is 13.7. The molecule has 0 fully saturated rings. The second-order valence-electron chi connectivity index (χ2n) is 8.38. The summed E-state index contributed by atoms with van der Waals surface area (Å²) in [6.07, 6.45) is 2.04. The van der Waals surface area contributed by atoms with Crippen molar-refractivity contribution < 1.29 is 4.74 Å². The molecule has 0 amide bonds. The molecule has 0 aliphatic carbocycles. The average Bonchev–Trinajstić information content (AvgIpc) is 3.06. The Bertz CT molecular complexity index is 1050. The van der Waals surface area contributed by atoms with Crippen LogP contribution in [0.5, 0.6) is 0 Å². The summed E-state index contributed by atoms with van der Waals surface area (Å²) in [4.78, 5) is 20.7. The molecule has 3 aromatic rings. The number of fused-ring (bicyclic) bond motifs is 3. The Morgan fingerprint density at radius 1 is 1.24 bits per heavy atom. The van der Waals surface area contributed by atoms with Crippen LogP contribution in [0.25, 0.3) is 15.9 Å². The van der Waals surface area contributed by atoms with Crippen molar-refractivity contribution in [3.63, 3.8) is 0 Å². The quantitative estimate of drug-likeness (QED) is 0.374. The van der Waals surface area contributed by atoms with Crippen molar-refractivity contribution in [1.29, 1.82) is 0 Å². The molecule has 154 valence electrons. The maximum Gasteiger partial charge on any atom is 0.267 e. The third kappa shape index (κ3) is 4.16. The van der Waals surface area contributed by atoms with E-state index in [9.17, 15) is 4.79 Å². The Balaban J connectivity index is 1.86. The minimum Gasteiger partial charge on any atom is -0.372 e. The molecule has 1 unspecified atom stereocenters. The molecule has 1 aliphatic rings. The van der Waals surface area contributed by atoms with Crippen LogP contribution in [0.1, 0.15) is 44.6 Å². The molecule has 3 heterocycles. The molecule has 0 saturated carbocycles. The van der Waals surface area contributed by atoms with Crippen LogP contribution in [-0.4, -0.2) is 21.4 Å². The van der Waals surface area contributed by atoms with Crippen molar-refractivity contribution >= 4 is 33.3 Å². The fourth-order valence-electron chi connectivity index (χ4n) is 3.62. The van der Waals surface area contributed by atoms with E-state index in [2.05, 4.69) is 27.7 Å². The van der Waals surface area contributed by atoms with Gasteiger partial charge in [0, 0.05) is 17.1 Å². The largest absolute Gasteiger partial charge is 0.372 e. The van der Waals surface area contributed by atoms with Crippen LogP contribution >= 0.6 is 23.1 Å². The van der Waals surface area contributed by atoms with Gasteiger partial charge in [-0.15, -0.1) is 11.3 Å². The van der Waals surface area contributed by atoms with E-state index in [0.29, 0.717) is 18.4 Å². The topological polar surface area (TPSA) is 44.1 Å². The predicted molar refractivity (Wildman–Crippen MR) is 123 cm³/mol. The number of aromatic nitrogens is 2. The van der Waals surface area contributed by atoms with Crippen LogP contribution in [0, 0.1) is 11.8 Å². The van der Waals surface area contributed by atoms with Crippen molar-refractivity contribution in [3.8, 4) is 5.69 Å². The second-order valence-corrected chi connectivity index (χ2v) is 10.5. The Kier molecular flexibility index (Phi) is 6.13. The lowest BCUT2D eigenvalue weighted by atomic mass is 9.96. The van der Waals surface area contributed by atoms with Gasteiger partial charge in [-0.1, -0.05) is 57.7 Å². The van der Waals surface area contributed by atoms with E-state index >= 15 is 0 Å². The van der Waals surface area contributed by atoms with Gasteiger partial charge in [-0.2, -0.15) is 0 Å². The van der Waals surface area contributed by atoms with E-state index in [1.165, 1.54) is 0 Å². The average molecular weight is 429 g/mol. The minimum atomic E-state index is 0.0511. The highest BCUT2D eigenvalue weighted by atomic mass is 32.2. The van der Waals surface area contributed by atoms with Crippen molar-refractivity contribution in [2.45, 2.75) is 58.4 Å². The van der Waals surface area contributed by atoms with Gasteiger partial charge >= 0.3 is 0 Å². The first-order valence-electron chi connectivity index (χ1n) is 10.3. The monoisotopic (exact) mass is 428 g/mol. The first-order chi connectivity index (χ1) is 14.0. The number of rotatable bonds is 6. The number of ether oxygens (including phenoxy) is 1. The standard InChI is InChI=1S/C23H28N2O2S2/c1-14(2)10-11-28-23-24-21-20(22(26)25(23)16-8-6-5-7-9-16)17-12-18(15(3)4)27-13-19(17)29-21/h5-9,14-15,18H,10-13H2,1-4H3. The van der Waals surface area contributed by atoms with E-state index in [0.717, 1.165) is 50.1 Å². The van der Waals surface area contributed by atoms with Gasteiger partial charge in [-0.3, -0.25) is 9.36 Å². The Morgan fingerprint density at radius 2 is 2.00 bits per heavy atom. The van der Waals surface area contributed by atoms with E-state index in [-0.39, 0.29) is 11.7 Å². The van der Waals surface area contributed by atoms with Crippen molar-refractivity contribution in [1.82, 2.24) is 9.55 Å². The second kappa shape index (κ2) is 8.62. The van der Waals surface area contributed by atoms with Crippen LogP contribution in [0.3, 0.4) is 0 Å². The molecule has 4 rings (SSSR count). The van der Waals surface area contributed by atoms with Gasteiger partial charge in [-0.05, 0) is 36.0 Å². The molecule has 1 aromatic carbocycles. The van der Waals surface area contributed by atoms with Crippen molar-refractivity contribution in [2.75, 3.05) is 5.75 Å². The lowest BCUT2D eigenvalue weighted by Crippen LogP contribution is -2.28. The van der Waals surface area contributed by atoms with Crippen molar-refractivity contribution in [3.05, 3.63) is 51.1 Å². The summed E-state index contributed by atoms with van der Waals surface area (Å²) in [5.41, 5.74) is 2.08. The zero-order valence-corrected chi connectivity index (χ0v) is 19.1. The number of hydrogen-bond donors (Lipinski definition) is 0. The summed E-state index contributed by atoms with van der Waals surface area (Å²) >= 11 is 3.30. The van der Waals surface area contributed by atoms with E-state index < -0.39 is 0 Å². The molecule has 4 nitrogen and oxygen atoms in total. The molecule has 0 N–H and O–H groups in total. The highest BCUT2D eigenvalue weighted by Crippen LogP contribution is 2.36. The molecule has 0 bridgehead atoms. The van der Waals surface area contributed by atoms with Crippen LogP contribution in [0.15, 0.2) is 40.3 Å².